The van der Waals surface area contributed by atoms with Crippen molar-refractivity contribution in [3.8, 4) is 0 Å². The molecule has 0 radical (unpaired) electrons. The van der Waals surface area contributed by atoms with Crippen LogP contribution in [-0.4, -0.2) is 41.1 Å². The summed E-state index contributed by atoms with van der Waals surface area (Å²) in [6.07, 6.45) is 3.92. The molecule has 0 aliphatic carbocycles. The van der Waals surface area contributed by atoms with Crippen LogP contribution in [0.25, 0.3) is 11.6 Å². The average Bonchev–Trinajstić information content (AvgIpc) is 3.01. The van der Waals surface area contributed by atoms with Crippen molar-refractivity contribution in [1.29, 1.82) is 0 Å². The Morgan fingerprint density at radius 3 is 2.55 bits per heavy atom. The van der Waals surface area contributed by atoms with Crippen molar-refractivity contribution in [2.24, 2.45) is 0 Å². The largest absolute Gasteiger partial charge is 0.366 e. The first-order chi connectivity index (χ1) is 15.5. The van der Waals surface area contributed by atoms with Gasteiger partial charge in [0.05, 0.1) is 10.4 Å². The van der Waals surface area contributed by atoms with Gasteiger partial charge >= 0.3 is 0 Å². The Hall–Kier alpha value is -3.03. The quantitative estimate of drug-likeness (QED) is 0.572. The molecule has 0 unspecified atom stereocenters. The van der Waals surface area contributed by atoms with Gasteiger partial charge in [-0.25, -0.2) is 0 Å². The van der Waals surface area contributed by atoms with E-state index in [0.717, 1.165) is 39.0 Å². The van der Waals surface area contributed by atoms with E-state index in [-0.39, 0.29) is 12.1 Å². The van der Waals surface area contributed by atoms with E-state index < -0.39 is 17.1 Å². The highest BCUT2D eigenvalue weighted by Crippen LogP contribution is 2.39. The fraction of sp³-hybridized carbons (Fsp3) is 0.240. The highest BCUT2D eigenvalue weighted by atomic mass is 35.5. The molecule has 1 N–H and O–H groups in total. The van der Waals surface area contributed by atoms with Crippen molar-refractivity contribution in [1.82, 2.24) is 4.90 Å². The van der Waals surface area contributed by atoms with E-state index in [9.17, 15) is 14.4 Å². The monoisotopic (exact) mass is 481 g/mol. The molecule has 0 atom stereocenters. The van der Waals surface area contributed by atoms with Crippen LogP contribution in [0.3, 0.4) is 0 Å². The number of imide groups is 1. The molecule has 170 valence electrons. The Morgan fingerprint density at radius 2 is 1.85 bits per heavy atom. The second kappa shape index (κ2) is 8.72. The van der Waals surface area contributed by atoms with Crippen LogP contribution in [0.2, 0.25) is 5.02 Å². The summed E-state index contributed by atoms with van der Waals surface area (Å²) in [5.41, 5.74) is 4.64. The van der Waals surface area contributed by atoms with Crippen molar-refractivity contribution < 1.29 is 14.4 Å². The summed E-state index contributed by atoms with van der Waals surface area (Å²) in [5.74, 6) is -0.930. The normalized spacial score (nSPS) is 18.5. The van der Waals surface area contributed by atoms with Crippen LogP contribution in [0, 0.1) is 0 Å². The molecule has 2 aromatic rings. The molecule has 0 bridgehead atoms. The number of carbonyl (C=O) groups is 3. The van der Waals surface area contributed by atoms with Gasteiger partial charge in [-0.1, -0.05) is 23.7 Å². The summed E-state index contributed by atoms with van der Waals surface area (Å²) in [6.45, 7) is 6.04. The Morgan fingerprint density at radius 1 is 1.15 bits per heavy atom. The summed E-state index contributed by atoms with van der Waals surface area (Å²) in [7, 11) is 2.06. The molecule has 2 aliphatic rings. The SMILES string of the molecule is CC1=CC(C)(C)N(C)c2ccc(/C=C3/SC(=O)N(CC(=O)Nc4ccc(Cl)cc4)C3=O)cc21. The zero-order valence-corrected chi connectivity index (χ0v) is 20.4. The van der Waals surface area contributed by atoms with E-state index in [1.54, 1.807) is 30.3 Å². The molecule has 1 saturated heterocycles. The number of nitrogens with zero attached hydrogens (tertiary/aromatic N) is 2. The van der Waals surface area contributed by atoms with Crippen LogP contribution < -0.4 is 10.2 Å². The van der Waals surface area contributed by atoms with Crippen LogP contribution >= 0.6 is 23.4 Å². The van der Waals surface area contributed by atoms with Gasteiger partial charge in [-0.05, 0) is 86.1 Å². The van der Waals surface area contributed by atoms with E-state index in [0.29, 0.717) is 15.6 Å². The molecule has 0 saturated carbocycles. The first kappa shape index (κ1) is 23.1. The Kier molecular flexibility index (Phi) is 6.12. The molecule has 0 spiro atoms. The van der Waals surface area contributed by atoms with Gasteiger partial charge in [-0.2, -0.15) is 0 Å². The maximum atomic E-state index is 12.8. The number of benzene rings is 2. The zero-order valence-electron chi connectivity index (χ0n) is 18.8. The lowest BCUT2D eigenvalue weighted by atomic mass is 9.88. The second-order valence-corrected chi connectivity index (χ2v) is 10.1. The maximum Gasteiger partial charge on any atom is 0.294 e. The van der Waals surface area contributed by atoms with Gasteiger partial charge in [0.2, 0.25) is 5.91 Å². The number of hydrogen-bond donors (Lipinski definition) is 1. The smallest absolute Gasteiger partial charge is 0.294 e. The molecule has 0 aromatic heterocycles. The molecule has 2 heterocycles. The number of carbonyl (C=O) groups excluding carboxylic acids is 3. The molecular weight excluding hydrogens is 458 g/mol. The maximum absolute atomic E-state index is 12.8. The molecule has 3 amide bonds. The lowest BCUT2D eigenvalue weighted by Gasteiger charge is -2.40. The molecule has 4 rings (SSSR count). The van der Waals surface area contributed by atoms with Crippen molar-refractivity contribution in [2.45, 2.75) is 26.3 Å². The summed E-state index contributed by atoms with van der Waals surface area (Å²) in [6, 6.07) is 12.6. The minimum absolute atomic E-state index is 0.0894. The van der Waals surface area contributed by atoms with Gasteiger partial charge in [-0.3, -0.25) is 19.3 Å². The third-order valence-corrected chi connectivity index (χ3v) is 7.00. The molecule has 1 fully saturated rings. The van der Waals surface area contributed by atoms with Crippen molar-refractivity contribution >= 4 is 63.4 Å². The fourth-order valence-electron chi connectivity index (χ4n) is 3.93. The summed E-state index contributed by atoms with van der Waals surface area (Å²) >= 11 is 6.69. The van der Waals surface area contributed by atoms with Crippen molar-refractivity contribution in [3.05, 3.63) is 69.6 Å². The number of thioether (sulfide) groups is 1. The number of rotatable bonds is 4. The number of likely N-dealkylation sites (N-methyl/N-ethyl adjacent to an activating group) is 1. The standard InChI is InChI=1S/C25H24ClN3O3S/c1-15-13-25(2,3)28(4)20-10-5-16(11-19(15)20)12-21-23(31)29(24(32)33-21)14-22(30)27-18-8-6-17(26)7-9-18/h5-13H,14H2,1-4H3,(H,27,30)/b21-12+. The molecule has 6 nitrogen and oxygen atoms in total. The van der Waals surface area contributed by atoms with Crippen LogP contribution in [0.15, 0.2) is 53.4 Å². The van der Waals surface area contributed by atoms with Crippen LogP contribution in [0.5, 0.6) is 0 Å². The number of amides is 3. The van der Waals surface area contributed by atoms with Crippen LogP contribution in [-0.2, 0) is 9.59 Å². The lowest BCUT2D eigenvalue weighted by Crippen LogP contribution is -2.42. The number of allylic oxidation sites excluding steroid dienone is 1. The van der Waals surface area contributed by atoms with Gasteiger partial charge < -0.3 is 10.2 Å². The summed E-state index contributed by atoms with van der Waals surface area (Å²) < 4.78 is 0. The molecule has 8 heteroatoms. The third kappa shape index (κ3) is 4.70. The highest BCUT2D eigenvalue weighted by Gasteiger charge is 2.36. The number of nitrogens with one attached hydrogen (secondary N) is 1. The minimum atomic E-state index is -0.473. The number of halogens is 1. The highest BCUT2D eigenvalue weighted by molar-refractivity contribution is 8.18. The lowest BCUT2D eigenvalue weighted by molar-refractivity contribution is -0.127. The van der Waals surface area contributed by atoms with E-state index in [1.807, 2.05) is 18.2 Å². The van der Waals surface area contributed by atoms with E-state index in [4.69, 9.17) is 11.6 Å². The second-order valence-electron chi connectivity index (χ2n) is 8.64. The number of hydrogen-bond acceptors (Lipinski definition) is 5. The van der Waals surface area contributed by atoms with Crippen LogP contribution in [0.1, 0.15) is 31.9 Å². The third-order valence-electron chi connectivity index (χ3n) is 5.84. The predicted molar refractivity (Wildman–Crippen MR) is 135 cm³/mol. The first-order valence-electron chi connectivity index (χ1n) is 10.4. The number of fused-ring (bicyclic) bond motifs is 1. The molecule has 33 heavy (non-hydrogen) atoms. The Labute approximate surface area is 202 Å². The molecular formula is C25H24ClN3O3S. The topological polar surface area (TPSA) is 69.7 Å². The van der Waals surface area contributed by atoms with Crippen molar-refractivity contribution in [3.63, 3.8) is 0 Å². The summed E-state index contributed by atoms with van der Waals surface area (Å²) in [4.78, 5) is 41.1. The van der Waals surface area contributed by atoms with Gasteiger partial charge in [0.15, 0.2) is 0 Å². The Balaban J connectivity index is 1.51. The van der Waals surface area contributed by atoms with E-state index in [1.165, 1.54) is 0 Å². The zero-order chi connectivity index (χ0) is 23.9. The molecule has 2 aromatic carbocycles. The van der Waals surface area contributed by atoms with E-state index >= 15 is 0 Å². The van der Waals surface area contributed by atoms with Gasteiger partial charge in [-0.15, -0.1) is 0 Å². The van der Waals surface area contributed by atoms with Crippen LogP contribution in [0.4, 0.5) is 16.2 Å². The van der Waals surface area contributed by atoms with E-state index in [2.05, 4.69) is 44.1 Å². The average molecular weight is 482 g/mol. The van der Waals surface area contributed by atoms with Crippen molar-refractivity contribution in [2.75, 3.05) is 23.8 Å². The Bertz CT molecular complexity index is 1220. The summed E-state index contributed by atoms with van der Waals surface area (Å²) in [5, 5.41) is 2.75. The fourth-order valence-corrected chi connectivity index (χ4v) is 4.90. The van der Waals surface area contributed by atoms with Gasteiger partial charge in [0.1, 0.15) is 6.54 Å². The minimum Gasteiger partial charge on any atom is -0.366 e. The number of anilines is 2. The van der Waals surface area contributed by atoms with Gasteiger partial charge in [0, 0.05) is 29.0 Å². The first-order valence-corrected chi connectivity index (χ1v) is 11.6. The van der Waals surface area contributed by atoms with Gasteiger partial charge in [0.25, 0.3) is 11.1 Å². The molecule has 2 aliphatic heterocycles. The predicted octanol–water partition coefficient (Wildman–Crippen LogP) is 5.65.